The highest BCUT2D eigenvalue weighted by molar-refractivity contribution is 7.85. The van der Waals surface area contributed by atoms with E-state index in [1.165, 1.54) is 109 Å². The molecule has 12 nitrogen and oxygen atoms in total. The van der Waals surface area contributed by atoms with Gasteiger partial charge in [0, 0.05) is 12.8 Å². The average molecular weight is 847 g/mol. The van der Waals surface area contributed by atoms with Crippen molar-refractivity contribution in [1.29, 1.82) is 0 Å². The van der Waals surface area contributed by atoms with E-state index in [2.05, 4.69) is 25.7 Å². The molecule has 2 unspecified atom stereocenters. The third-order valence-corrected chi connectivity index (χ3v) is 11.4. The number of hydrogen-bond donors (Lipinski definition) is 4. The Hall–Kier alpha value is -1.87. The predicted molar refractivity (Wildman–Crippen MR) is 229 cm³/mol. The molecule has 1 aliphatic rings. The first-order valence-corrected chi connectivity index (χ1v) is 24.5. The Morgan fingerprint density at radius 2 is 1.07 bits per heavy atom. The number of aliphatic hydroxyl groups is 3. The van der Waals surface area contributed by atoms with Crippen LogP contribution in [0.4, 0.5) is 0 Å². The summed E-state index contributed by atoms with van der Waals surface area (Å²) in [5.41, 5.74) is 0. The summed E-state index contributed by atoms with van der Waals surface area (Å²) in [5, 5.41) is 30.9. The van der Waals surface area contributed by atoms with E-state index < -0.39 is 71.2 Å². The largest absolute Gasteiger partial charge is 0.462 e. The summed E-state index contributed by atoms with van der Waals surface area (Å²) in [4.78, 5) is 25.4. The van der Waals surface area contributed by atoms with E-state index in [1.54, 1.807) is 0 Å². The minimum Gasteiger partial charge on any atom is -0.462 e. The van der Waals surface area contributed by atoms with Crippen LogP contribution in [-0.4, -0.2) is 96.0 Å². The van der Waals surface area contributed by atoms with Crippen LogP contribution in [0, 0.1) is 0 Å². The van der Waals surface area contributed by atoms with Gasteiger partial charge in [0.2, 0.25) is 0 Å². The van der Waals surface area contributed by atoms with E-state index in [0.29, 0.717) is 12.8 Å². The van der Waals surface area contributed by atoms with E-state index in [1.807, 2.05) is 6.08 Å². The molecule has 6 atom stereocenters. The molecule has 0 bridgehead atoms. The Kier molecular flexibility index (Phi) is 33.5. The third kappa shape index (κ3) is 30.2. The van der Waals surface area contributed by atoms with E-state index in [-0.39, 0.29) is 19.4 Å². The van der Waals surface area contributed by atoms with Crippen molar-refractivity contribution in [2.45, 2.75) is 230 Å². The highest BCUT2D eigenvalue weighted by Crippen LogP contribution is 2.24. The number of carbonyl (C=O) groups is 2. The first-order chi connectivity index (χ1) is 28.0. The van der Waals surface area contributed by atoms with Crippen LogP contribution in [0.2, 0.25) is 0 Å². The number of esters is 2. The Balaban J connectivity index is 2.43. The van der Waals surface area contributed by atoms with Crippen LogP contribution in [0.15, 0.2) is 24.8 Å². The molecule has 0 saturated carbocycles. The van der Waals surface area contributed by atoms with Gasteiger partial charge in [0.1, 0.15) is 36.8 Å². The number of carbonyl (C=O) groups excluding carboxylic acids is 2. The van der Waals surface area contributed by atoms with Gasteiger partial charge in [-0.3, -0.25) is 14.1 Å². The lowest BCUT2D eigenvalue weighted by Crippen LogP contribution is -2.60. The summed E-state index contributed by atoms with van der Waals surface area (Å²) in [5.74, 6) is -1.98. The minimum atomic E-state index is -4.60. The lowest BCUT2D eigenvalue weighted by Gasteiger charge is -2.40. The van der Waals surface area contributed by atoms with Crippen molar-refractivity contribution in [2.24, 2.45) is 0 Å². The van der Waals surface area contributed by atoms with E-state index in [9.17, 15) is 37.9 Å². The molecular formula is C45H82O12S. The molecule has 0 aromatic heterocycles. The van der Waals surface area contributed by atoms with E-state index >= 15 is 0 Å². The van der Waals surface area contributed by atoms with Gasteiger partial charge >= 0.3 is 11.9 Å². The smallest absolute Gasteiger partial charge is 0.306 e. The van der Waals surface area contributed by atoms with Gasteiger partial charge in [0.25, 0.3) is 10.1 Å². The summed E-state index contributed by atoms with van der Waals surface area (Å²) in [6.07, 6.45) is 28.2. The van der Waals surface area contributed by atoms with Crippen molar-refractivity contribution in [3.63, 3.8) is 0 Å². The van der Waals surface area contributed by atoms with Gasteiger partial charge in [-0.05, 0) is 51.4 Å². The standard InChI is InChI=1S/C45H82O12S/c1-3-5-7-9-11-13-15-17-19-21-23-25-27-29-31-33-40(46)54-35-38(36-55-45-44(50)43(49)42(48)39(57-45)37-58(51,52)53)56-41(47)34-32-30-28-26-24-22-20-18-16-14-12-10-8-6-4-2/h4,13,15,38-39,42-45,48-50H,2-3,5-12,14,16-37H2,1H3,(H,51,52,53)/b15-13+/t38-,39-,42-,43?,44?,45+/m1/s1. The molecule has 4 N–H and O–H groups in total. The molecule has 1 saturated heterocycles. The highest BCUT2D eigenvalue weighted by atomic mass is 32.2. The highest BCUT2D eigenvalue weighted by Gasteiger charge is 2.46. The van der Waals surface area contributed by atoms with Crippen LogP contribution < -0.4 is 0 Å². The van der Waals surface area contributed by atoms with Gasteiger partial charge in [-0.15, -0.1) is 6.58 Å². The number of aliphatic hydroxyl groups excluding tert-OH is 3. The van der Waals surface area contributed by atoms with Crippen LogP contribution in [0.3, 0.4) is 0 Å². The molecule has 13 heteroatoms. The fourth-order valence-corrected chi connectivity index (χ4v) is 7.75. The SMILES string of the molecule is C=CCCCCCCCCCCCCCCCC(=O)O[C@H](COC(=O)CCCCCCCCC/C=C/CCCCCC)CO[C@H]1O[C@H](CS(=O)(=O)O)[C@@H](O)C(O)C1O. The second-order valence-electron chi connectivity index (χ2n) is 16.1. The van der Waals surface area contributed by atoms with Gasteiger partial charge in [0.15, 0.2) is 12.4 Å². The Morgan fingerprint density at radius 1 is 0.621 bits per heavy atom. The number of hydrogen-bond acceptors (Lipinski definition) is 11. The van der Waals surface area contributed by atoms with Gasteiger partial charge < -0.3 is 34.3 Å². The molecule has 0 aromatic rings. The van der Waals surface area contributed by atoms with Gasteiger partial charge in [-0.25, -0.2) is 0 Å². The fraction of sp³-hybridized carbons (Fsp3) is 0.867. The second kappa shape index (κ2) is 35.8. The van der Waals surface area contributed by atoms with Crippen molar-refractivity contribution in [2.75, 3.05) is 19.0 Å². The van der Waals surface area contributed by atoms with Crippen molar-refractivity contribution in [1.82, 2.24) is 0 Å². The molecule has 1 aliphatic heterocycles. The van der Waals surface area contributed by atoms with Gasteiger partial charge in [0.05, 0.1) is 6.61 Å². The van der Waals surface area contributed by atoms with Crippen LogP contribution in [-0.2, 0) is 38.7 Å². The van der Waals surface area contributed by atoms with E-state index in [4.69, 9.17) is 18.9 Å². The van der Waals surface area contributed by atoms with Crippen molar-refractivity contribution >= 4 is 22.1 Å². The zero-order chi connectivity index (χ0) is 42.7. The summed E-state index contributed by atoms with van der Waals surface area (Å²) < 4.78 is 54.1. The molecule has 0 aromatic carbocycles. The summed E-state index contributed by atoms with van der Waals surface area (Å²) >= 11 is 0. The maximum Gasteiger partial charge on any atom is 0.306 e. The molecule has 0 aliphatic carbocycles. The summed E-state index contributed by atoms with van der Waals surface area (Å²) in [7, 11) is -4.60. The predicted octanol–water partition coefficient (Wildman–Crippen LogP) is 9.23. The topological polar surface area (TPSA) is 186 Å². The van der Waals surface area contributed by atoms with Crippen molar-refractivity contribution in [3.8, 4) is 0 Å². The Labute approximate surface area is 351 Å². The first kappa shape index (κ1) is 54.1. The number of rotatable bonds is 39. The molecule has 1 fully saturated rings. The monoisotopic (exact) mass is 847 g/mol. The zero-order valence-corrected chi connectivity index (χ0v) is 36.8. The number of allylic oxidation sites excluding steroid dienone is 3. The summed E-state index contributed by atoms with van der Waals surface area (Å²) in [6.45, 7) is 5.28. The number of unbranched alkanes of at least 4 members (excludes halogenated alkanes) is 24. The second-order valence-corrected chi connectivity index (χ2v) is 17.6. The maximum absolute atomic E-state index is 12.8. The van der Waals surface area contributed by atoms with E-state index in [0.717, 1.165) is 51.4 Å². The van der Waals surface area contributed by atoms with Crippen molar-refractivity contribution in [3.05, 3.63) is 24.8 Å². The third-order valence-electron chi connectivity index (χ3n) is 10.6. The molecule has 58 heavy (non-hydrogen) atoms. The molecular weight excluding hydrogens is 765 g/mol. The van der Waals surface area contributed by atoms with Gasteiger partial charge in [-0.1, -0.05) is 147 Å². The van der Waals surface area contributed by atoms with Crippen LogP contribution in [0.5, 0.6) is 0 Å². The molecule has 340 valence electrons. The summed E-state index contributed by atoms with van der Waals surface area (Å²) in [6, 6.07) is 0. The average Bonchev–Trinajstić information content (AvgIpc) is 3.18. The molecule has 0 spiro atoms. The van der Waals surface area contributed by atoms with Crippen LogP contribution in [0.1, 0.15) is 193 Å². The van der Waals surface area contributed by atoms with Crippen molar-refractivity contribution < 1.29 is 56.8 Å². The van der Waals surface area contributed by atoms with Gasteiger partial charge in [-0.2, -0.15) is 8.42 Å². The van der Waals surface area contributed by atoms with Crippen LogP contribution in [0.25, 0.3) is 0 Å². The quantitative estimate of drug-likeness (QED) is 0.0199. The lowest BCUT2D eigenvalue weighted by atomic mass is 10.00. The molecule has 0 radical (unpaired) electrons. The number of ether oxygens (including phenoxy) is 4. The fourth-order valence-electron chi connectivity index (χ4n) is 7.06. The molecule has 0 amide bonds. The Bertz CT molecular complexity index is 1160. The lowest BCUT2D eigenvalue weighted by molar-refractivity contribution is -0.297. The maximum atomic E-state index is 12.8. The normalized spacial score (nSPS) is 20.3. The first-order valence-electron chi connectivity index (χ1n) is 22.9. The molecule has 1 rings (SSSR count). The molecule has 1 heterocycles. The zero-order valence-electron chi connectivity index (χ0n) is 36.0. The Morgan fingerprint density at radius 3 is 1.55 bits per heavy atom. The minimum absolute atomic E-state index is 0.164. The van der Waals surface area contributed by atoms with Crippen LogP contribution >= 0.6 is 0 Å².